The van der Waals surface area contributed by atoms with Crippen molar-refractivity contribution in [1.82, 2.24) is 4.98 Å². The first-order valence-corrected chi connectivity index (χ1v) is 7.21. The van der Waals surface area contributed by atoms with Crippen LogP contribution in [0.5, 0.6) is 0 Å². The fraction of sp³-hybridized carbons (Fsp3) is 0.583. The summed E-state index contributed by atoms with van der Waals surface area (Å²) in [5.41, 5.74) is 5.81. The lowest BCUT2D eigenvalue weighted by atomic mass is 9.85. The van der Waals surface area contributed by atoms with E-state index in [9.17, 15) is 0 Å². The molecule has 17 heavy (non-hydrogen) atoms. The van der Waals surface area contributed by atoms with Crippen molar-refractivity contribution in [2.75, 3.05) is 11.9 Å². The number of hydrogen-bond acceptors (Lipinski definition) is 3. The second kappa shape index (κ2) is 6.16. The van der Waals surface area contributed by atoms with Crippen molar-refractivity contribution in [3.05, 3.63) is 21.2 Å². The minimum Gasteiger partial charge on any atom is -0.366 e. The maximum absolute atomic E-state index is 5.66. The highest BCUT2D eigenvalue weighted by Gasteiger charge is 2.24. The molecule has 0 radical (unpaired) electrons. The molecule has 3 N–H and O–H groups in total. The number of nitrogens with one attached hydrogen (secondary N) is 1. The Morgan fingerprint density at radius 1 is 1.41 bits per heavy atom. The van der Waals surface area contributed by atoms with Crippen LogP contribution in [0, 0.1) is 5.41 Å². The van der Waals surface area contributed by atoms with Gasteiger partial charge in [0, 0.05) is 16.7 Å². The predicted octanol–water partition coefficient (Wildman–Crippen LogP) is 3.78. The zero-order chi connectivity index (χ0) is 13.1. The fourth-order valence-electron chi connectivity index (χ4n) is 1.57. The van der Waals surface area contributed by atoms with E-state index in [0.29, 0.717) is 12.6 Å². The zero-order valence-corrected chi connectivity index (χ0v) is 13.6. The Morgan fingerprint density at radius 2 is 2.06 bits per heavy atom. The van der Waals surface area contributed by atoms with Gasteiger partial charge in [0.2, 0.25) is 0 Å². The Hall–Kier alpha value is -0.130. The van der Waals surface area contributed by atoms with Crippen molar-refractivity contribution in [1.29, 1.82) is 0 Å². The highest BCUT2D eigenvalue weighted by Crippen LogP contribution is 2.29. The average Bonchev–Trinajstić information content (AvgIpc) is 2.19. The number of rotatable bonds is 4. The summed E-state index contributed by atoms with van der Waals surface area (Å²) in [7, 11) is 0. The largest absolute Gasteiger partial charge is 0.366 e. The molecule has 0 saturated carbocycles. The summed E-state index contributed by atoms with van der Waals surface area (Å²) in [6.07, 6.45) is 2.71. The van der Waals surface area contributed by atoms with Crippen molar-refractivity contribution in [2.45, 2.75) is 33.2 Å². The van der Waals surface area contributed by atoms with E-state index in [1.54, 1.807) is 6.20 Å². The molecule has 0 fully saturated rings. The zero-order valence-electron chi connectivity index (χ0n) is 10.4. The first kappa shape index (κ1) is 14.9. The maximum Gasteiger partial charge on any atom is 0.140 e. The van der Waals surface area contributed by atoms with Crippen molar-refractivity contribution in [3.63, 3.8) is 0 Å². The monoisotopic (exact) mass is 363 g/mol. The van der Waals surface area contributed by atoms with Crippen molar-refractivity contribution >= 4 is 37.7 Å². The summed E-state index contributed by atoms with van der Waals surface area (Å²) in [5, 5.41) is 3.46. The molecule has 0 bridgehead atoms. The molecule has 1 heterocycles. The van der Waals surface area contributed by atoms with Crippen molar-refractivity contribution in [3.8, 4) is 0 Å². The van der Waals surface area contributed by atoms with Gasteiger partial charge in [-0.25, -0.2) is 4.98 Å². The van der Waals surface area contributed by atoms with E-state index in [1.807, 2.05) is 6.07 Å². The molecule has 1 aromatic heterocycles. The summed E-state index contributed by atoms with van der Waals surface area (Å²) in [4.78, 5) is 4.37. The summed E-state index contributed by atoms with van der Waals surface area (Å²) in [6.45, 7) is 7.27. The molecule has 96 valence electrons. The van der Waals surface area contributed by atoms with Gasteiger partial charge in [0.05, 0.1) is 4.47 Å². The summed E-state index contributed by atoms with van der Waals surface area (Å²) in [6, 6.07) is 2.29. The molecular weight excluding hydrogens is 346 g/mol. The minimum atomic E-state index is 0.146. The predicted molar refractivity (Wildman–Crippen MR) is 80.2 cm³/mol. The average molecular weight is 365 g/mol. The number of aromatic nitrogens is 1. The SMILES string of the molecule is CC(C)(C)C(CCN)Nc1ncc(Br)cc1Br. The van der Waals surface area contributed by atoms with Gasteiger partial charge in [-0.2, -0.15) is 0 Å². The van der Waals surface area contributed by atoms with Crippen LogP contribution >= 0.6 is 31.9 Å². The molecule has 5 heteroatoms. The molecule has 0 aliphatic rings. The molecule has 0 amide bonds. The standard InChI is InChI=1S/C12H19Br2N3/c1-12(2,3)10(4-5-15)17-11-9(14)6-8(13)7-16-11/h6-7,10H,4-5,15H2,1-3H3,(H,16,17). The van der Waals surface area contributed by atoms with Gasteiger partial charge in [-0.05, 0) is 56.3 Å². The van der Waals surface area contributed by atoms with Crippen LogP contribution in [0.15, 0.2) is 21.2 Å². The minimum absolute atomic E-state index is 0.146. The molecule has 0 aliphatic carbocycles. The molecule has 0 aliphatic heterocycles. The van der Waals surface area contributed by atoms with Gasteiger partial charge >= 0.3 is 0 Å². The number of nitrogens with zero attached hydrogens (tertiary/aromatic N) is 1. The Kier molecular flexibility index (Phi) is 5.41. The second-order valence-corrected chi connectivity index (χ2v) is 6.89. The van der Waals surface area contributed by atoms with E-state index in [4.69, 9.17) is 5.73 Å². The maximum atomic E-state index is 5.66. The molecular formula is C12H19Br2N3. The Balaban J connectivity index is 2.86. The van der Waals surface area contributed by atoms with Gasteiger partial charge in [-0.1, -0.05) is 20.8 Å². The molecule has 3 nitrogen and oxygen atoms in total. The third-order valence-electron chi connectivity index (χ3n) is 2.62. The number of halogens is 2. The Labute approximate surface area is 120 Å². The van der Waals surface area contributed by atoms with E-state index >= 15 is 0 Å². The first-order chi connectivity index (χ1) is 7.84. The van der Waals surface area contributed by atoms with Crippen LogP contribution in [0.1, 0.15) is 27.2 Å². The summed E-state index contributed by atoms with van der Waals surface area (Å²) < 4.78 is 1.92. The normalized spacial score (nSPS) is 13.5. The quantitative estimate of drug-likeness (QED) is 0.854. The second-order valence-electron chi connectivity index (χ2n) is 5.12. The lowest BCUT2D eigenvalue weighted by Crippen LogP contribution is -2.36. The van der Waals surface area contributed by atoms with Crippen LogP contribution in [-0.2, 0) is 0 Å². The lowest BCUT2D eigenvalue weighted by molar-refractivity contribution is 0.328. The van der Waals surface area contributed by atoms with E-state index in [-0.39, 0.29) is 5.41 Å². The van der Waals surface area contributed by atoms with Gasteiger partial charge in [-0.15, -0.1) is 0 Å². The van der Waals surface area contributed by atoms with Crippen LogP contribution in [0.4, 0.5) is 5.82 Å². The summed E-state index contributed by atoms with van der Waals surface area (Å²) in [5.74, 6) is 0.863. The van der Waals surface area contributed by atoms with Gasteiger partial charge in [0.15, 0.2) is 0 Å². The van der Waals surface area contributed by atoms with Crippen LogP contribution in [-0.4, -0.2) is 17.6 Å². The number of nitrogens with two attached hydrogens (primary N) is 1. The topological polar surface area (TPSA) is 50.9 Å². The molecule has 1 atom stereocenters. The van der Waals surface area contributed by atoms with Crippen LogP contribution in [0.2, 0.25) is 0 Å². The Morgan fingerprint density at radius 3 is 2.53 bits per heavy atom. The molecule has 1 aromatic rings. The molecule has 0 saturated heterocycles. The van der Waals surface area contributed by atoms with Gasteiger partial charge in [0.1, 0.15) is 5.82 Å². The highest BCUT2D eigenvalue weighted by molar-refractivity contribution is 9.11. The van der Waals surface area contributed by atoms with Crippen LogP contribution < -0.4 is 11.1 Å². The number of hydrogen-bond donors (Lipinski definition) is 2. The van der Waals surface area contributed by atoms with E-state index in [1.165, 1.54) is 0 Å². The van der Waals surface area contributed by atoms with E-state index in [2.05, 4.69) is 62.9 Å². The Bertz CT molecular complexity index is 375. The van der Waals surface area contributed by atoms with E-state index in [0.717, 1.165) is 21.2 Å². The fourth-order valence-corrected chi connectivity index (χ4v) is 2.68. The van der Waals surface area contributed by atoms with Crippen LogP contribution in [0.25, 0.3) is 0 Å². The molecule has 0 spiro atoms. The molecule has 1 unspecified atom stereocenters. The molecule has 0 aromatic carbocycles. The van der Waals surface area contributed by atoms with Gasteiger partial charge in [-0.3, -0.25) is 0 Å². The van der Waals surface area contributed by atoms with Crippen molar-refractivity contribution < 1.29 is 0 Å². The van der Waals surface area contributed by atoms with Gasteiger partial charge < -0.3 is 11.1 Å². The summed E-state index contributed by atoms with van der Waals surface area (Å²) >= 11 is 6.90. The van der Waals surface area contributed by atoms with Crippen molar-refractivity contribution in [2.24, 2.45) is 11.1 Å². The third-order valence-corrected chi connectivity index (χ3v) is 3.66. The van der Waals surface area contributed by atoms with Gasteiger partial charge in [0.25, 0.3) is 0 Å². The molecule has 1 rings (SSSR count). The lowest BCUT2D eigenvalue weighted by Gasteiger charge is -2.32. The number of anilines is 1. The highest BCUT2D eigenvalue weighted by atomic mass is 79.9. The van der Waals surface area contributed by atoms with Crippen LogP contribution in [0.3, 0.4) is 0 Å². The first-order valence-electron chi connectivity index (χ1n) is 5.62. The third kappa shape index (κ3) is 4.56. The van der Waals surface area contributed by atoms with E-state index < -0.39 is 0 Å². The number of pyridine rings is 1. The smallest absolute Gasteiger partial charge is 0.140 e.